The van der Waals surface area contributed by atoms with Gasteiger partial charge in [-0.2, -0.15) is 5.10 Å². The number of hydrogen-bond acceptors (Lipinski definition) is 5. The number of nitrogens with one attached hydrogen (secondary N) is 2. The zero-order chi connectivity index (χ0) is 19.6. The fourth-order valence-corrected chi connectivity index (χ4v) is 3.11. The number of imide groups is 1. The van der Waals surface area contributed by atoms with Gasteiger partial charge in [0, 0.05) is 18.4 Å². The molecule has 1 fully saturated rings. The molecule has 2 N–H and O–H groups in total. The lowest BCUT2D eigenvalue weighted by Crippen LogP contribution is -2.39. The molecule has 3 amide bonds. The van der Waals surface area contributed by atoms with Gasteiger partial charge in [-0.1, -0.05) is 18.2 Å². The van der Waals surface area contributed by atoms with E-state index >= 15 is 0 Å². The van der Waals surface area contributed by atoms with Gasteiger partial charge in [-0.25, -0.2) is 4.79 Å². The summed E-state index contributed by atoms with van der Waals surface area (Å²) in [5, 5.41) is 10.6. The molecule has 2 aromatic rings. The number of hydrogen-bond donors (Lipinski definition) is 2. The highest BCUT2D eigenvalue weighted by Crippen LogP contribution is 2.30. The Morgan fingerprint density at radius 2 is 2.07 bits per heavy atom. The first kappa shape index (κ1) is 18.9. The zero-order valence-electron chi connectivity index (χ0n) is 15.7. The van der Waals surface area contributed by atoms with E-state index in [0.29, 0.717) is 31.6 Å². The summed E-state index contributed by atoms with van der Waals surface area (Å²) in [6.07, 6.45) is 0.268. The molecule has 1 aliphatic heterocycles. The first-order valence-electron chi connectivity index (χ1n) is 9.00. The van der Waals surface area contributed by atoms with Crippen molar-refractivity contribution in [3.8, 4) is 0 Å². The number of nitrogens with zero attached hydrogens (tertiary/aromatic N) is 2. The molecule has 8 nitrogen and oxygen atoms in total. The minimum Gasteiger partial charge on any atom is -0.444 e. The number of alkyl carbamates (subject to hydrolysis) is 1. The maximum atomic E-state index is 12.2. The van der Waals surface area contributed by atoms with Crippen molar-refractivity contribution in [2.45, 2.75) is 51.7 Å². The van der Waals surface area contributed by atoms with E-state index in [2.05, 4.69) is 15.7 Å². The van der Waals surface area contributed by atoms with Gasteiger partial charge >= 0.3 is 6.09 Å². The molecule has 0 bridgehead atoms. The molecule has 0 saturated carbocycles. The molecular formula is C19H24N4O4. The number of rotatable bonds is 4. The van der Waals surface area contributed by atoms with Crippen LogP contribution in [0.5, 0.6) is 0 Å². The molecule has 1 unspecified atom stereocenters. The SMILES string of the molecule is CC(C)(C)OC(=O)NCCn1nc(C2CCC(=O)NC2=O)c2ccccc21. The molecule has 1 saturated heterocycles. The van der Waals surface area contributed by atoms with Crippen molar-refractivity contribution in [2.24, 2.45) is 0 Å². The zero-order valence-corrected chi connectivity index (χ0v) is 15.7. The summed E-state index contributed by atoms with van der Waals surface area (Å²) in [6, 6.07) is 7.63. The molecule has 3 rings (SSSR count). The normalized spacial score (nSPS) is 17.7. The van der Waals surface area contributed by atoms with Gasteiger partial charge in [0.25, 0.3) is 0 Å². The van der Waals surface area contributed by atoms with Crippen LogP contribution in [0.15, 0.2) is 24.3 Å². The third-order valence-corrected chi connectivity index (χ3v) is 4.25. The largest absolute Gasteiger partial charge is 0.444 e. The van der Waals surface area contributed by atoms with Crippen LogP contribution < -0.4 is 10.6 Å². The Hall–Kier alpha value is -2.90. The van der Waals surface area contributed by atoms with E-state index in [1.165, 1.54) is 0 Å². The molecule has 1 aliphatic rings. The number of carbonyl (C=O) groups is 3. The van der Waals surface area contributed by atoms with E-state index in [1.807, 2.05) is 24.3 Å². The van der Waals surface area contributed by atoms with Gasteiger partial charge in [0.2, 0.25) is 11.8 Å². The second kappa shape index (κ2) is 7.38. The van der Waals surface area contributed by atoms with Crippen LogP contribution in [0.3, 0.4) is 0 Å². The van der Waals surface area contributed by atoms with Crippen LogP contribution >= 0.6 is 0 Å². The molecule has 0 radical (unpaired) electrons. The average molecular weight is 372 g/mol. The highest BCUT2D eigenvalue weighted by Gasteiger charge is 2.31. The summed E-state index contributed by atoms with van der Waals surface area (Å²) in [6.45, 7) is 6.20. The molecule has 1 atom stereocenters. The Morgan fingerprint density at radius 3 is 2.78 bits per heavy atom. The van der Waals surface area contributed by atoms with Crippen molar-refractivity contribution >= 4 is 28.8 Å². The predicted octanol–water partition coefficient (Wildman–Crippen LogP) is 2.08. The van der Waals surface area contributed by atoms with Gasteiger partial charge in [-0.05, 0) is 33.3 Å². The fraction of sp³-hybridized carbons (Fsp3) is 0.474. The van der Waals surface area contributed by atoms with Crippen LogP contribution in [-0.2, 0) is 20.9 Å². The van der Waals surface area contributed by atoms with E-state index in [4.69, 9.17) is 4.74 Å². The minimum absolute atomic E-state index is 0.249. The maximum Gasteiger partial charge on any atom is 0.407 e. The molecule has 144 valence electrons. The number of ether oxygens (including phenoxy) is 1. The number of amides is 3. The lowest BCUT2D eigenvalue weighted by atomic mass is 9.93. The summed E-state index contributed by atoms with van der Waals surface area (Å²) < 4.78 is 6.99. The lowest BCUT2D eigenvalue weighted by molar-refractivity contribution is -0.134. The van der Waals surface area contributed by atoms with Crippen LogP contribution in [0.25, 0.3) is 10.9 Å². The Bertz CT molecular complexity index is 881. The molecule has 0 spiro atoms. The summed E-state index contributed by atoms with van der Waals surface area (Å²) >= 11 is 0. The third kappa shape index (κ3) is 4.45. The standard InChI is InChI=1S/C19H24N4O4/c1-19(2,3)27-18(26)20-10-11-23-14-7-5-4-6-12(14)16(22-23)13-8-9-15(24)21-17(13)25/h4-7,13H,8-11H2,1-3H3,(H,20,26)(H,21,24,25). The predicted molar refractivity (Wildman–Crippen MR) is 99.1 cm³/mol. The van der Waals surface area contributed by atoms with E-state index in [1.54, 1.807) is 25.5 Å². The molecule has 1 aromatic carbocycles. The molecular weight excluding hydrogens is 348 g/mol. The molecule has 27 heavy (non-hydrogen) atoms. The van der Waals surface area contributed by atoms with E-state index < -0.39 is 17.6 Å². The Balaban J connectivity index is 1.76. The first-order chi connectivity index (χ1) is 12.7. The van der Waals surface area contributed by atoms with Gasteiger partial charge in [0.05, 0.1) is 23.7 Å². The van der Waals surface area contributed by atoms with E-state index in [0.717, 1.165) is 10.9 Å². The van der Waals surface area contributed by atoms with Crippen LogP contribution in [-0.4, -0.2) is 39.8 Å². The summed E-state index contributed by atoms with van der Waals surface area (Å²) in [5.41, 5.74) is 0.984. The second-order valence-electron chi connectivity index (χ2n) is 7.56. The van der Waals surface area contributed by atoms with Crippen molar-refractivity contribution in [2.75, 3.05) is 6.54 Å². The third-order valence-electron chi connectivity index (χ3n) is 4.25. The number of carbonyl (C=O) groups excluding carboxylic acids is 3. The number of fused-ring (bicyclic) bond motifs is 1. The van der Waals surface area contributed by atoms with Gasteiger partial charge in [-0.15, -0.1) is 0 Å². The van der Waals surface area contributed by atoms with Gasteiger partial charge in [0.15, 0.2) is 0 Å². The van der Waals surface area contributed by atoms with Crippen LogP contribution in [0, 0.1) is 0 Å². The fourth-order valence-electron chi connectivity index (χ4n) is 3.11. The maximum absolute atomic E-state index is 12.2. The first-order valence-corrected chi connectivity index (χ1v) is 9.00. The Kier molecular flexibility index (Phi) is 5.16. The van der Waals surface area contributed by atoms with Crippen LogP contribution in [0.1, 0.15) is 45.2 Å². The number of para-hydroxylation sites is 1. The second-order valence-corrected chi connectivity index (χ2v) is 7.56. The van der Waals surface area contributed by atoms with Gasteiger partial charge < -0.3 is 10.1 Å². The summed E-state index contributed by atoms with van der Waals surface area (Å²) in [5.74, 6) is -1.01. The van der Waals surface area contributed by atoms with E-state index in [9.17, 15) is 14.4 Å². The topological polar surface area (TPSA) is 102 Å². The molecule has 2 heterocycles. The van der Waals surface area contributed by atoms with Crippen LogP contribution in [0.2, 0.25) is 0 Å². The van der Waals surface area contributed by atoms with Crippen LogP contribution in [0.4, 0.5) is 4.79 Å². The Labute approximate surface area is 157 Å². The van der Waals surface area contributed by atoms with Gasteiger partial charge in [0.1, 0.15) is 5.60 Å². The van der Waals surface area contributed by atoms with Crippen molar-refractivity contribution in [1.82, 2.24) is 20.4 Å². The Morgan fingerprint density at radius 1 is 1.33 bits per heavy atom. The monoisotopic (exact) mass is 372 g/mol. The molecule has 1 aromatic heterocycles. The number of benzene rings is 1. The minimum atomic E-state index is -0.554. The van der Waals surface area contributed by atoms with Gasteiger partial charge in [-0.3, -0.25) is 19.6 Å². The quantitative estimate of drug-likeness (QED) is 0.800. The lowest BCUT2D eigenvalue weighted by Gasteiger charge is -2.19. The summed E-state index contributed by atoms with van der Waals surface area (Å²) in [7, 11) is 0. The van der Waals surface area contributed by atoms with E-state index in [-0.39, 0.29) is 11.8 Å². The van der Waals surface area contributed by atoms with Crippen molar-refractivity contribution in [3.05, 3.63) is 30.0 Å². The summed E-state index contributed by atoms with van der Waals surface area (Å²) in [4.78, 5) is 35.4. The highest BCUT2D eigenvalue weighted by molar-refractivity contribution is 6.02. The smallest absolute Gasteiger partial charge is 0.407 e. The number of piperidine rings is 1. The average Bonchev–Trinajstić information content (AvgIpc) is 2.92. The van der Waals surface area contributed by atoms with Crippen molar-refractivity contribution < 1.29 is 19.1 Å². The molecule has 8 heteroatoms. The number of aromatic nitrogens is 2. The van der Waals surface area contributed by atoms with Crippen molar-refractivity contribution in [1.29, 1.82) is 0 Å². The van der Waals surface area contributed by atoms with Crippen molar-refractivity contribution in [3.63, 3.8) is 0 Å². The highest BCUT2D eigenvalue weighted by atomic mass is 16.6. The molecule has 0 aliphatic carbocycles.